The molecular weight excluding hydrogens is 397 g/mol. The third kappa shape index (κ3) is 3.49. The maximum atomic E-state index is 13.3. The van der Waals surface area contributed by atoms with Gasteiger partial charge in [0.2, 0.25) is 11.4 Å². The third-order valence-electron chi connectivity index (χ3n) is 3.27. The van der Waals surface area contributed by atoms with Crippen molar-refractivity contribution in [2.24, 2.45) is 0 Å². The summed E-state index contributed by atoms with van der Waals surface area (Å²) in [6, 6.07) is -2.50. The molecule has 2 N–H and O–H groups in total. The predicted molar refractivity (Wildman–Crippen MR) is 63.5 cm³/mol. The van der Waals surface area contributed by atoms with Gasteiger partial charge in [0.15, 0.2) is 23.3 Å². The minimum atomic E-state index is -6.09. The fourth-order valence-electron chi connectivity index (χ4n) is 1.84. The largest absolute Gasteiger partial charge is 0.420 e. The Labute approximate surface area is 137 Å². The number of benzene rings is 1. The third-order valence-corrected chi connectivity index (χ3v) is 3.27. The first kappa shape index (κ1) is 21.8. The summed E-state index contributed by atoms with van der Waals surface area (Å²) in [6.07, 6.45) is -14.0. The van der Waals surface area contributed by atoms with Crippen LogP contribution in [0.25, 0.3) is 0 Å². The number of nitrogens with one attached hydrogen (secondary N) is 2. The molecule has 0 aliphatic rings. The topological polar surface area (TPSA) is 41.1 Å². The quantitative estimate of drug-likeness (QED) is 0.425. The predicted octanol–water partition coefficient (Wildman–Crippen LogP) is 4.78. The second-order valence-electron chi connectivity index (χ2n) is 4.78. The van der Waals surface area contributed by atoms with E-state index in [1.165, 1.54) is 0 Å². The van der Waals surface area contributed by atoms with Crippen LogP contribution in [0.3, 0.4) is 0 Å². The second-order valence-corrected chi connectivity index (χ2v) is 4.78. The Morgan fingerprint density at radius 3 is 1.42 bits per heavy atom. The highest BCUT2D eigenvalue weighted by Gasteiger charge is 2.70. The Hall–Kier alpha value is -2.28. The van der Waals surface area contributed by atoms with Gasteiger partial charge in [-0.05, 0) is 6.42 Å². The fourth-order valence-corrected chi connectivity index (χ4v) is 1.84. The van der Waals surface area contributed by atoms with Crippen LogP contribution in [0.1, 0.15) is 13.3 Å². The molecule has 0 aliphatic heterocycles. The lowest BCUT2D eigenvalue weighted by atomic mass is 9.94. The summed E-state index contributed by atoms with van der Waals surface area (Å²) in [5.74, 6) is -13.1. The zero-order valence-electron chi connectivity index (χ0n) is 12.3. The number of hydrogen-bond acceptors (Lipinski definition) is 1. The molecule has 0 aliphatic carbocycles. The van der Waals surface area contributed by atoms with Crippen molar-refractivity contribution in [3.63, 3.8) is 0 Å². The van der Waals surface area contributed by atoms with Gasteiger partial charge >= 0.3 is 18.4 Å². The van der Waals surface area contributed by atoms with E-state index in [2.05, 4.69) is 0 Å². The Morgan fingerprint density at radius 2 is 1.12 bits per heavy atom. The van der Waals surface area contributed by atoms with Crippen molar-refractivity contribution < 1.29 is 53.1 Å². The second kappa shape index (κ2) is 6.79. The first-order chi connectivity index (χ1) is 11.6. The zero-order valence-corrected chi connectivity index (χ0v) is 12.3. The standard InChI is InChI=1S/C12H7F11N2O/c1-2-10(11(18,19)20,12(21,22)23)25-9(26)24-8-6(16)4(14)3(13)5(15)7(8)17/h2H2,1H3,(H2,24,25,26). The maximum Gasteiger partial charge on any atom is 0.420 e. The number of carbonyl (C=O) groups excluding carboxylic acids is 1. The molecule has 1 rings (SSSR count). The number of anilines is 1. The van der Waals surface area contributed by atoms with Crippen LogP contribution < -0.4 is 10.6 Å². The summed E-state index contributed by atoms with van der Waals surface area (Å²) < 4.78 is 142. The molecule has 0 heterocycles. The lowest BCUT2D eigenvalue weighted by molar-refractivity contribution is -0.304. The van der Waals surface area contributed by atoms with Gasteiger partial charge < -0.3 is 10.6 Å². The molecule has 0 fully saturated rings. The molecule has 3 nitrogen and oxygen atoms in total. The van der Waals surface area contributed by atoms with Gasteiger partial charge in [0.05, 0.1) is 0 Å². The molecular formula is C12H7F11N2O. The van der Waals surface area contributed by atoms with Gasteiger partial charge in [0.25, 0.3) is 0 Å². The number of rotatable bonds is 3. The summed E-state index contributed by atoms with van der Waals surface area (Å²) in [5.41, 5.74) is -6.94. The van der Waals surface area contributed by atoms with Gasteiger partial charge in [0.1, 0.15) is 5.69 Å². The van der Waals surface area contributed by atoms with E-state index in [-0.39, 0.29) is 0 Å². The number of halogens is 11. The Bertz CT molecular complexity index is 668. The molecule has 0 bridgehead atoms. The smallest absolute Gasteiger partial charge is 0.316 e. The summed E-state index contributed by atoms with van der Waals surface area (Å²) in [5, 5.41) is 1.22. The van der Waals surface area contributed by atoms with Crippen LogP contribution in [-0.4, -0.2) is 23.9 Å². The van der Waals surface area contributed by atoms with E-state index < -0.39 is 65.1 Å². The first-order valence-electron chi connectivity index (χ1n) is 6.34. The van der Waals surface area contributed by atoms with E-state index in [1.807, 2.05) is 0 Å². The molecule has 14 heteroatoms. The van der Waals surface area contributed by atoms with Crippen LogP contribution >= 0.6 is 0 Å². The van der Waals surface area contributed by atoms with Crippen LogP contribution in [0.5, 0.6) is 0 Å². The average Bonchev–Trinajstić information content (AvgIpc) is 2.50. The van der Waals surface area contributed by atoms with Gasteiger partial charge in [-0.1, -0.05) is 6.92 Å². The van der Waals surface area contributed by atoms with Crippen molar-refractivity contribution in [1.29, 1.82) is 0 Å². The van der Waals surface area contributed by atoms with Crippen molar-refractivity contribution in [3.05, 3.63) is 29.1 Å². The molecule has 2 amide bonds. The van der Waals surface area contributed by atoms with E-state index >= 15 is 0 Å². The summed E-state index contributed by atoms with van der Waals surface area (Å²) >= 11 is 0. The van der Waals surface area contributed by atoms with Crippen molar-refractivity contribution in [1.82, 2.24) is 5.32 Å². The summed E-state index contributed by atoms with van der Waals surface area (Å²) in [7, 11) is 0. The molecule has 0 atom stereocenters. The van der Waals surface area contributed by atoms with E-state index in [9.17, 15) is 53.1 Å². The highest BCUT2D eigenvalue weighted by atomic mass is 19.4. The van der Waals surface area contributed by atoms with Crippen molar-refractivity contribution in [2.45, 2.75) is 31.2 Å². The summed E-state index contributed by atoms with van der Waals surface area (Å²) in [4.78, 5) is 11.4. The average molecular weight is 404 g/mol. The maximum absolute atomic E-state index is 13.3. The van der Waals surface area contributed by atoms with Gasteiger partial charge in [-0.15, -0.1) is 0 Å². The first-order valence-corrected chi connectivity index (χ1v) is 6.34. The monoisotopic (exact) mass is 404 g/mol. The molecule has 1 aromatic rings. The number of hydrogen-bond donors (Lipinski definition) is 2. The fraction of sp³-hybridized carbons (Fsp3) is 0.417. The Kier molecular flexibility index (Phi) is 5.69. The highest BCUT2D eigenvalue weighted by molar-refractivity contribution is 5.90. The number of alkyl halides is 6. The lowest BCUT2D eigenvalue weighted by Crippen LogP contribution is -2.67. The van der Waals surface area contributed by atoms with E-state index in [0.717, 1.165) is 5.32 Å². The van der Waals surface area contributed by atoms with Gasteiger partial charge in [0, 0.05) is 0 Å². The van der Waals surface area contributed by atoms with E-state index in [1.54, 1.807) is 0 Å². The number of amides is 2. The van der Waals surface area contributed by atoms with Crippen LogP contribution in [0.2, 0.25) is 0 Å². The SMILES string of the molecule is CCC(NC(=O)Nc1c(F)c(F)c(F)c(F)c1F)(C(F)(F)F)C(F)(F)F. The zero-order chi connectivity index (χ0) is 20.7. The molecule has 0 spiro atoms. The van der Waals surface area contributed by atoms with Crippen molar-refractivity contribution >= 4 is 11.7 Å². The molecule has 0 saturated carbocycles. The van der Waals surface area contributed by atoms with Gasteiger partial charge in [-0.25, -0.2) is 26.7 Å². The Morgan fingerprint density at radius 1 is 0.769 bits per heavy atom. The van der Waals surface area contributed by atoms with E-state index in [4.69, 9.17) is 0 Å². The van der Waals surface area contributed by atoms with E-state index in [0.29, 0.717) is 12.2 Å². The lowest BCUT2D eigenvalue weighted by Gasteiger charge is -2.37. The normalized spacial score (nSPS) is 12.9. The van der Waals surface area contributed by atoms with Crippen molar-refractivity contribution in [2.75, 3.05) is 5.32 Å². The molecule has 0 saturated heterocycles. The summed E-state index contributed by atoms with van der Waals surface area (Å²) in [6.45, 7) is 0.402. The number of carbonyl (C=O) groups is 1. The molecule has 26 heavy (non-hydrogen) atoms. The molecule has 0 radical (unpaired) electrons. The van der Waals surface area contributed by atoms with Gasteiger partial charge in [-0.3, -0.25) is 0 Å². The van der Waals surface area contributed by atoms with Gasteiger partial charge in [-0.2, -0.15) is 26.3 Å². The molecule has 1 aromatic carbocycles. The van der Waals surface area contributed by atoms with Crippen LogP contribution in [0.15, 0.2) is 0 Å². The molecule has 148 valence electrons. The minimum Gasteiger partial charge on any atom is -0.316 e. The van der Waals surface area contributed by atoms with Crippen LogP contribution in [0.4, 0.5) is 58.8 Å². The van der Waals surface area contributed by atoms with Crippen LogP contribution in [0, 0.1) is 29.1 Å². The highest BCUT2D eigenvalue weighted by Crippen LogP contribution is 2.45. The molecule has 0 unspecified atom stereocenters. The molecule has 0 aromatic heterocycles. The number of urea groups is 1. The minimum absolute atomic E-state index is 0.402. The Balaban J connectivity index is 3.32. The van der Waals surface area contributed by atoms with Crippen molar-refractivity contribution in [3.8, 4) is 0 Å². The van der Waals surface area contributed by atoms with Crippen LogP contribution in [-0.2, 0) is 0 Å².